The molecular weight excluding hydrogens is 332 g/mol. The molecule has 2 aromatic rings. The van der Waals surface area contributed by atoms with Crippen LogP contribution in [0.25, 0.3) is 0 Å². The van der Waals surface area contributed by atoms with E-state index in [0.717, 1.165) is 10.0 Å². The van der Waals surface area contributed by atoms with Crippen LogP contribution in [0.15, 0.2) is 47.1 Å². The second-order valence-corrected chi connectivity index (χ2v) is 6.07. The molecular formula is C16H17BrN2O2. The fourth-order valence-electron chi connectivity index (χ4n) is 2.68. The van der Waals surface area contributed by atoms with E-state index in [2.05, 4.69) is 15.9 Å². The van der Waals surface area contributed by atoms with Gasteiger partial charge in [0.15, 0.2) is 0 Å². The van der Waals surface area contributed by atoms with Gasteiger partial charge in [-0.2, -0.15) is 0 Å². The predicted molar refractivity (Wildman–Crippen MR) is 84.2 cm³/mol. The summed E-state index contributed by atoms with van der Waals surface area (Å²) in [5, 5.41) is 0. The molecule has 3 rings (SSSR count). The van der Waals surface area contributed by atoms with Gasteiger partial charge in [0.25, 0.3) is 5.91 Å². The van der Waals surface area contributed by atoms with Gasteiger partial charge < -0.3 is 14.2 Å². The van der Waals surface area contributed by atoms with Crippen molar-refractivity contribution in [3.8, 4) is 0 Å². The van der Waals surface area contributed by atoms with Crippen LogP contribution in [0.5, 0.6) is 0 Å². The second-order valence-electron chi connectivity index (χ2n) is 5.15. The Morgan fingerprint density at radius 1 is 1.33 bits per heavy atom. The van der Waals surface area contributed by atoms with E-state index in [9.17, 15) is 4.79 Å². The zero-order chi connectivity index (χ0) is 14.8. The van der Waals surface area contributed by atoms with Crippen molar-refractivity contribution in [2.24, 2.45) is 7.05 Å². The third kappa shape index (κ3) is 2.89. The summed E-state index contributed by atoms with van der Waals surface area (Å²) in [6, 6.07) is 11.9. The first kappa shape index (κ1) is 14.4. The maximum Gasteiger partial charge on any atom is 0.271 e. The van der Waals surface area contributed by atoms with Gasteiger partial charge in [-0.1, -0.05) is 30.3 Å². The molecule has 1 saturated heterocycles. The lowest BCUT2D eigenvalue weighted by atomic mass is 10.0. The Bertz CT molecular complexity index is 639. The molecule has 0 bridgehead atoms. The normalized spacial score (nSPS) is 18.8. The Balaban J connectivity index is 1.91. The van der Waals surface area contributed by atoms with Crippen LogP contribution < -0.4 is 0 Å². The Kier molecular flexibility index (Phi) is 4.12. The fourth-order valence-corrected chi connectivity index (χ4v) is 3.21. The van der Waals surface area contributed by atoms with Crippen molar-refractivity contribution < 1.29 is 9.53 Å². The molecule has 1 amide bonds. The molecule has 0 spiro atoms. The minimum atomic E-state index is -0.0267. The average molecular weight is 349 g/mol. The van der Waals surface area contributed by atoms with Crippen molar-refractivity contribution in [2.75, 3.05) is 19.8 Å². The van der Waals surface area contributed by atoms with Crippen molar-refractivity contribution in [1.82, 2.24) is 9.47 Å². The second kappa shape index (κ2) is 6.03. The van der Waals surface area contributed by atoms with Crippen LogP contribution in [-0.4, -0.2) is 35.1 Å². The summed E-state index contributed by atoms with van der Waals surface area (Å²) >= 11 is 3.42. The van der Waals surface area contributed by atoms with Gasteiger partial charge in [0, 0.05) is 24.3 Å². The molecule has 0 unspecified atom stereocenters. The Hall–Kier alpha value is -1.59. The number of rotatable bonds is 2. The number of nitrogens with zero attached hydrogens (tertiary/aromatic N) is 2. The van der Waals surface area contributed by atoms with Gasteiger partial charge in [0.1, 0.15) is 5.69 Å². The third-order valence-electron chi connectivity index (χ3n) is 3.76. The van der Waals surface area contributed by atoms with Crippen LogP contribution in [0.2, 0.25) is 0 Å². The van der Waals surface area contributed by atoms with Crippen molar-refractivity contribution in [1.29, 1.82) is 0 Å². The van der Waals surface area contributed by atoms with Gasteiger partial charge in [-0.05, 0) is 27.6 Å². The number of amides is 1. The first-order valence-electron chi connectivity index (χ1n) is 6.92. The molecule has 1 aliphatic rings. The van der Waals surface area contributed by atoms with Crippen LogP contribution in [0.4, 0.5) is 0 Å². The zero-order valence-corrected chi connectivity index (χ0v) is 13.4. The van der Waals surface area contributed by atoms with Gasteiger partial charge in [-0.3, -0.25) is 4.79 Å². The van der Waals surface area contributed by atoms with E-state index in [4.69, 9.17) is 4.74 Å². The SMILES string of the molecule is Cn1cc(Br)cc1C(=O)N1CCOC[C@@H]1c1ccccc1. The summed E-state index contributed by atoms with van der Waals surface area (Å²) in [6.45, 7) is 1.74. The smallest absolute Gasteiger partial charge is 0.271 e. The van der Waals surface area contributed by atoms with E-state index in [0.29, 0.717) is 25.5 Å². The molecule has 1 aromatic heterocycles. The van der Waals surface area contributed by atoms with Crippen LogP contribution in [-0.2, 0) is 11.8 Å². The minimum absolute atomic E-state index is 0.0267. The number of carbonyl (C=O) groups is 1. The Labute approximate surface area is 132 Å². The molecule has 1 atom stereocenters. The van der Waals surface area contributed by atoms with Crippen molar-refractivity contribution in [2.45, 2.75) is 6.04 Å². The van der Waals surface area contributed by atoms with E-state index < -0.39 is 0 Å². The largest absolute Gasteiger partial charge is 0.377 e. The average Bonchev–Trinajstić information content (AvgIpc) is 2.86. The molecule has 0 N–H and O–H groups in total. The highest BCUT2D eigenvalue weighted by atomic mass is 79.9. The van der Waals surface area contributed by atoms with Gasteiger partial charge in [0.05, 0.1) is 19.3 Å². The highest BCUT2D eigenvalue weighted by Gasteiger charge is 2.30. The third-order valence-corrected chi connectivity index (χ3v) is 4.20. The predicted octanol–water partition coefficient (Wildman–Crippen LogP) is 3.00. The standard InChI is InChI=1S/C16H17BrN2O2/c1-18-10-13(17)9-14(18)16(20)19-7-8-21-11-15(19)12-5-3-2-4-6-12/h2-6,9-10,15H,7-8,11H2,1H3/t15-/m1/s1. The number of hydrogen-bond acceptors (Lipinski definition) is 2. The molecule has 1 aliphatic heterocycles. The molecule has 1 fully saturated rings. The van der Waals surface area contributed by atoms with Gasteiger partial charge in [-0.15, -0.1) is 0 Å². The molecule has 110 valence electrons. The number of carbonyl (C=O) groups excluding carboxylic acids is 1. The number of hydrogen-bond donors (Lipinski definition) is 0. The summed E-state index contributed by atoms with van der Waals surface area (Å²) in [6.07, 6.45) is 1.89. The highest BCUT2D eigenvalue weighted by Crippen LogP contribution is 2.26. The molecule has 0 radical (unpaired) electrons. The molecule has 21 heavy (non-hydrogen) atoms. The molecule has 1 aromatic carbocycles. The summed E-state index contributed by atoms with van der Waals surface area (Å²) in [7, 11) is 1.88. The van der Waals surface area contributed by atoms with E-state index in [1.54, 1.807) is 0 Å². The van der Waals surface area contributed by atoms with Gasteiger partial charge in [0.2, 0.25) is 0 Å². The lowest BCUT2D eigenvalue weighted by Crippen LogP contribution is -2.43. The summed E-state index contributed by atoms with van der Waals surface area (Å²) in [5.41, 5.74) is 1.79. The number of ether oxygens (including phenoxy) is 1. The number of benzene rings is 1. The lowest BCUT2D eigenvalue weighted by Gasteiger charge is -2.36. The zero-order valence-electron chi connectivity index (χ0n) is 11.8. The maximum absolute atomic E-state index is 12.8. The summed E-state index contributed by atoms with van der Waals surface area (Å²) < 4.78 is 8.34. The van der Waals surface area contributed by atoms with E-state index in [1.165, 1.54) is 0 Å². The summed E-state index contributed by atoms with van der Waals surface area (Å²) in [5.74, 6) is 0.0420. The summed E-state index contributed by atoms with van der Waals surface area (Å²) in [4.78, 5) is 14.7. The van der Waals surface area contributed by atoms with Crippen LogP contribution >= 0.6 is 15.9 Å². The van der Waals surface area contributed by atoms with E-state index in [-0.39, 0.29) is 11.9 Å². The highest BCUT2D eigenvalue weighted by molar-refractivity contribution is 9.10. The van der Waals surface area contributed by atoms with E-state index in [1.807, 2.05) is 59.1 Å². The minimum Gasteiger partial charge on any atom is -0.377 e. The molecule has 5 heteroatoms. The van der Waals surface area contributed by atoms with Crippen molar-refractivity contribution in [3.63, 3.8) is 0 Å². The molecule has 4 nitrogen and oxygen atoms in total. The number of aryl methyl sites for hydroxylation is 1. The Morgan fingerprint density at radius 3 is 2.76 bits per heavy atom. The number of aromatic nitrogens is 1. The first-order chi connectivity index (χ1) is 10.2. The quantitative estimate of drug-likeness (QED) is 0.835. The van der Waals surface area contributed by atoms with E-state index >= 15 is 0 Å². The first-order valence-corrected chi connectivity index (χ1v) is 7.71. The molecule has 0 saturated carbocycles. The van der Waals surface area contributed by atoms with Crippen molar-refractivity contribution in [3.05, 3.63) is 58.3 Å². The van der Waals surface area contributed by atoms with Crippen LogP contribution in [0.1, 0.15) is 22.1 Å². The fraction of sp³-hybridized carbons (Fsp3) is 0.312. The number of halogens is 1. The molecule has 2 heterocycles. The van der Waals surface area contributed by atoms with Gasteiger partial charge in [-0.25, -0.2) is 0 Å². The molecule has 0 aliphatic carbocycles. The topological polar surface area (TPSA) is 34.5 Å². The van der Waals surface area contributed by atoms with Crippen LogP contribution in [0, 0.1) is 0 Å². The van der Waals surface area contributed by atoms with Crippen LogP contribution in [0.3, 0.4) is 0 Å². The Morgan fingerprint density at radius 2 is 2.10 bits per heavy atom. The van der Waals surface area contributed by atoms with Crippen molar-refractivity contribution >= 4 is 21.8 Å². The van der Waals surface area contributed by atoms with Gasteiger partial charge >= 0.3 is 0 Å². The monoisotopic (exact) mass is 348 g/mol. The number of morpholine rings is 1. The lowest BCUT2D eigenvalue weighted by molar-refractivity contribution is -0.00319. The maximum atomic E-state index is 12.8.